The van der Waals surface area contributed by atoms with Crippen LogP contribution < -0.4 is 3.58 Å². The number of aromatic nitrogens is 2. The predicted molar refractivity (Wildman–Crippen MR) is 87.8 cm³/mol. The molecule has 1 aromatic rings. The van der Waals surface area contributed by atoms with Crippen LogP contribution in [0.5, 0.6) is 0 Å². The minimum absolute atomic E-state index is 0.849. The van der Waals surface area contributed by atoms with Crippen LogP contribution in [0.25, 0.3) is 0 Å². The quantitative estimate of drug-likeness (QED) is 0.607. The summed E-state index contributed by atoms with van der Waals surface area (Å²) in [6, 6.07) is 2.41. The molecule has 0 bridgehead atoms. The number of nitrogens with zero attached hydrogens (tertiary/aromatic N) is 3. The molecule has 4 heteroatoms. The third-order valence-corrected chi connectivity index (χ3v) is 20.3. The van der Waals surface area contributed by atoms with Crippen molar-refractivity contribution in [1.82, 2.24) is 9.78 Å². The molecule has 0 atom stereocenters. The molecule has 1 aromatic heterocycles. The van der Waals surface area contributed by atoms with Crippen molar-refractivity contribution in [2.45, 2.75) is 66.2 Å². The van der Waals surface area contributed by atoms with Gasteiger partial charge in [-0.15, -0.1) is 0 Å². The molecule has 0 saturated carbocycles. The Hall–Kier alpha value is -0.501. The first-order valence-corrected chi connectivity index (χ1v) is 15.6. The van der Waals surface area contributed by atoms with Crippen molar-refractivity contribution >= 4 is 22.0 Å². The maximum absolute atomic E-state index is 9.49. The third-order valence-electron chi connectivity index (χ3n) is 4.36. The summed E-state index contributed by atoms with van der Waals surface area (Å²) in [7, 11) is 1.91. The molecule has 0 fully saturated rings. The minimum atomic E-state index is -2.44. The fourth-order valence-electron chi connectivity index (χ4n) is 3.25. The van der Waals surface area contributed by atoms with Gasteiger partial charge in [-0.2, -0.15) is 0 Å². The topological polar surface area (TPSA) is 41.6 Å². The van der Waals surface area contributed by atoms with Gasteiger partial charge >= 0.3 is 128 Å². The average molecular weight is 382 g/mol. The summed E-state index contributed by atoms with van der Waals surface area (Å²) in [6.07, 6.45) is 8.45. The molecule has 1 rings (SSSR count). The molecule has 3 nitrogen and oxygen atoms in total. The van der Waals surface area contributed by atoms with Crippen molar-refractivity contribution < 1.29 is 0 Å². The van der Waals surface area contributed by atoms with E-state index in [0.29, 0.717) is 0 Å². The van der Waals surface area contributed by atoms with E-state index < -0.39 is 18.4 Å². The Morgan fingerprint density at radius 2 is 1.70 bits per heavy atom. The molecule has 0 spiro atoms. The molecular weight excluding hydrogens is 353 g/mol. The van der Waals surface area contributed by atoms with Gasteiger partial charge in [0.1, 0.15) is 0 Å². The van der Waals surface area contributed by atoms with E-state index in [-0.39, 0.29) is 0 Å². The molecule has 1 heterocycles. The molecule has 0 aromatic carbocycles. The van der Waals surface area contributed by atoms with Gasteiger partial charge in [0.2, 0.25) is 0 Å². The second-order valence-electron chi connectivity index (χ2n) is 5.88. The van der Waals surface area contributed by atoms with Crippen molar-refractivity contribution in [2.24, 2.45) is 7.05 Å². The van der Waals surface area contributed by atoms with E-state index in [1.54, 1.807) is 4.68 Å². The van der Waals surface area contributed by atoms with Gasteiger partial charge in [0.15, 0.2) is 0 Å². The SMILES string of the molecule is CCC[CH2][Sn]([CH2]CC)([CH2]CCC)[c]1cnn(C)c1C#N. The zero-order chi connectivity index (χ0) is 15.0. The van der Waals surface area contributed by atoms with Crippen molar-refractivity contribution in [3.05, 3.63) is 11.9 Å². The van der Waals surface area contributed by atoms with Crippen LogP contribution in [0.4, 0.5) is 0 Å². The fraction of sp³-hybridized carbons (Fsp3) is 0.750. The van der Waals surface area contributed by atoms with Crippen LogP contribution >= 0.6 is 0 Å². The van der Waals surface area contributed by atoms with Crippen LogP contribution in [-0.4, -0.2) is 28.2 Å². The molecule has 0 N–H and O–H groups in total. The van der Waals surface area contributed by atoms with Crippen molar-refractivity contribution in [3.8, 4) is 6.07 Å². The van der Waals surface area contributed by atoms with E-state index in [0.717, 1.165) is 5.69 Å². The van der Waals surface area contributed by atoms with Gasteiger partial charge in [0.05, 0.1) is 0 Å². The van der Waals surface area contributed by atoms with E-state index in [1.165, 1.54) is 49.0 Å². The molecule has 0 radical (unpaired) electrons. The number of rotatable bonds is 9. The molecule has 0 amide bonds. The second-order valence-corrected chi connectivity index (χ2v) is 19.0. The first kappa shape index (κ1) is 17.5. The first-order chi connectivity index (χ1) is 9.65. The van der Waals surface area contributed by atoms with Gasteiger partial charge in [0, 0.05) is 0 Å². The van der Waals surface area contributed by atoms with Crippen molar-refractivity contribution in [2.75, 3.05) is 0 Å². The molecule has 0 unspecified atom stereocenters. The first-order valence-electron chi connectivity index (χ1n) is 8.07. The summed E-state index contributed by atoms with van der Waals surface area (Å²) in [6.45, 7) is 6.85. The Morgan fingerprint density at radius 3 is 2.15 bits per heavy atom. The Morgan fingerprint density at radius 1 is 1.10 bits per heavy atom. The van der Waals surface area contributed by atoms with E-state index >= 15 is 0 Å². The van der Waals surface area contributed by atoms with Crippen LogP contribution in [0, 0.1) is 11.3 Å². The Bertz CT molecular complexity index is 437. The number of aryl methyl sites for hydroxylation is 1. The van der Waals surface area contributed by atoms with E-state index in [9.17, 15) is 5.26 Å². The number of hydrogen-bond donors (Lipinski definition) is 0. The Balaban J connectivity index is 3.20. The van der Waals surface area contributed by atoms with Crippen LogP contribution in [-0.2, 0) is 7.05 Å². The molecule has 0 saturated heterocycles. The molecular formula is C16H29N3Sn. The van der Waals surface area contributed by atoms with E-state index in [2.05, 4.69) is 31.9 Å². The maximum atomic E-state index is 9.49. The standard InChI is InChI=1S/C5H4N3.2C4H9.C3H7.Sn/c1-8-5(4-6)2-3-7-8;2*1-3-4-2;1-3-2;/h3H,1H3;2*1,3-4H2,2H3;1,3H2,2H3;. The van der Waals surface area contributed by atoms with E-state index in [4.69, 9.17) is 0 Å². The van der Waals surface area contributed by atoms with E-state index in [1.807, 2.05) is 13.2 Å². The summed E-state index contributed by atoms with van der Waals surface area (Å²) in [5.41, 5.74) is 0.849. The zero-order valence-electron chi connectivity index (χ0n) is 13.6. The van der Waals surface area contributed by atoms with Crippen LogP contribution in [0.3, 0.4) is 0 Å². The summed E-state index contributed by atoms with van der Waals surface area (Å²) in [4.78, 5) is 0. The summed E-state index contributed by atoms with van der Waals surface area (Å²) >= 11 is -2.44. The number of unbranched alkanes of at least 4 members (excludes halogenated alkanes) is 2. The summed E-state index contributed by atoms with van der Waals surface area (Å²) in [5.74, 6) is 0. The van der Waals surface area contributed by atoms with Gasteiger partial charge in [-0.3, -0.25) is 0 Å². The summed E-state index contributed by atoms with van der Waals surface area (Å²) in [5, 5.41) is 13.9. The average Bonchev–Trinajstić information content (AvgIpc) is 2.83. The Labute approximate surface area is 128 Å². The summed E-state index contributed by atoms with van der Waals surface area (Å²) < 4.78 is 7.33. The van der Waals surface area contributed by atoms with Crippen LogP contribution in [0.15, 0.2) is 6.20 Å². The number of nitriles is 1. The normalized spacial score (nSPS) is 11.6. The zero-order valence-corrected chi connectivity index (χ0v) is 16.4. The molecule has 0 aliphatic rings. The third kappa shape index (κ3) is 4.00. The van der Waals surface area contributed by atoms with Crippen LogP contribution in [0.2, 0.25) is 13.3 Å². The molecule has 20 heavy (non-hydrogen) atoms. The molecule has 0 aliphatic heterocycles. The van der Waals surface area contributed by atoms with Crippen molar-refractivity contribution in [1.29, 1.82) is 5.26 Å². The number of hydrogen-bond acceptors (Lipinski definition) is 2. The predicted octanol–water partition coefficient (Wildman–Crippen LogP) is 3.96. The fourth-order valence-corrected chi connectivity index (χ4v) is 19.3. The van der Waals surface area contributed by atoms with Gasteiger partial charge < -0.3 is 0 Å². The van der Waals surface area contributed by atoms with Gasteiger partial charge in [-0.05, 0) is 0 Å². The Kier molecular flexibility index (Phi) is 7.64. The molecule has 0 aliphatic carbocycles. The second kappa shape index (κ2) is 8.71. The van der Waals surface area contributed by atoms with Gasteiger partial charge in [-0.25, -0.2) is 0 Å². The van der Waals surface area contributed by atoms with Gasteiger partial charge in [-0.1, -0.05) is 0 Å². The van der Waals surface area contributed by atoms with Gasteiger partial charge in [0.25, 0.3) is 0 Å². The molecule has 112 valence electrons. The van der Waals surface area contributed by atoms with Crippen molar-refractivity contribution in [3.63, 3.8) is 0 Å². The van der Waals surface area contributed by atoms with Crippen LogP contribution in [0.1, 0.15) is 58.6 Å². The monoisotopic (exact) mass is 383 g/mol.